The molecule has 2 nitrogen and oxygen atoms in total. The van der Waals surface area contributed by atoms with E-state index in [1.165, 1.54) is 6.33 Å². The summed E-state index contributed by atoms with van der Waals surface area (Å²) in [5, 5.41) is 0. The molecular formula is C7H8N2. The third-order valence-corrected chi connectivity index (χ3v) is 1.02. The molecule has 0 aromatic carbocycles. The van der Waals surface area contributed by atoms with Crippen molar-refractivity contribution in [1.82, 2.24) is 9.97 Å². The highest BCUT2D eigenvalue weighted by Crippen LogP contribution is 2.03. The van der Waals surface area contributed by atoms with E-state index in [-0.39, 0.29) is 0 Å². The van der Waals surface area contributed by atoms with Crippen molar-refractivity contribution in [2.45, 2.75) is 6.92 Å². The summed E-state index contributed by atoms with van der Waals surface area (Å²) in [6.07, 6.45) is 3.22. The second-order valence-electron chi connectivity index (χ2n) is 1.87. The van der Waals surface area contributed by atoms with Crippen molar-refractivity contribution in [1.29, 1.82) is 0 Å². The molecule has 0 fully saturated rings. The predicted molar refractivity (Wildman–Crippen MR) is 36.7 cm³/mol. The second kappa shape index (κ2) is 2.40. The Balaban J connectivity index is 2.98. The van der Waals surface area contributed by atoms with Gasteiger partial charge in [-0.2, -0.15) is 0 Å². The van der Waals surface area contributed by atoms with E-state index < -0.39 is 0 Å². The van der Waals surface area contributed by atoms with Gasteiger partial charge in [0.15, 0.2) is 0 Å². The molecule has 0 spiro atoms. The van der Waals surface area contributed by atoms with Gasteiger partial charge in [0.05, 0.1) is 5.69 Å². The van der Waals surface area contributed by atoms with Crippen LogP contribution in [0.3, 0.4) is 0 Å². The van der Waals surface area contributed by atoms with E-state index in [2.05, 4.69) is 16.5 Å². The van der Waals surface area contributed by atoms with Crippen LogP contribution >= 0.6 is 0 Å². The lowest BCUT2D eigenvalue weighted by molar-refractivity contribution is 1.14. The number of allylic oxidation sites excluding steroid dienone is 1. The maximum atomic E-state index is 3.97. The van der Waals surface area contributed by atoms with E-state index in [1.54, 1.807) is 6.20 Å². The molecule has 0 bridgehead atoms. The fraction of sp³-hybridized carbons (Fsp3) is 0.143. The number of hydrogen-bond donors (Lipinski definition) is 0. The van der Waals surface area contributed by atoms with Gasteiger partial charge in [0.2, 0.25) is 0 Å². The molecule has 46 valence electrons. The van der Waals surface area contributed by atoms with Gasteiger partial charge >= 0.3 is 0 Å². The molecule has 0 aliphatic heterocycles. The van der Waals surface area contributed by atoms with E-state index in [9.17, 15) is 0 Å². The lowest BCUT2D eigenvalue weighted by Crippen LogP contribution is -1.83. The molecular weight excluding hydrogens is 112 g/mol. The zero-order chi connectivity index (χ0) is 6.69. The molecule has 1 heterocycles. The molecule has 0 amide bonds. The molecule has 2 heteroatoms. The van der Waals surface area contributed by atoms with Gasteiger partial charge in [-0.1, -0.05) is 6.58 Å². The van der Waals surface area contributed by atoms with Crippen LogP contribution in [0.15, 0.2) is 25.2 Å². The fourth-order valence-electron chi connectivity index (χ4n) is 0.543. The Bertz CT molecular complexity index is 203. The molecule has 0 saturated heterocycles. The largest absolute Gasteiger partial charge is 0.245 e. The highest BCUT2D eigenvalue weighted by atomic mass is 14.8. The summed E-state index contributed by atoms with van der Waals surface area (Å²) >= 11 is 0. The molecule has 0 saturated carbocycles. The van der Waals surface area contributed by atoms with Crippen LogP contribution in [-0.4, -0.2) is 9.97 Å². The van der Waals surface area contributed by atoms with Crippen LogP contribution < -0.4 is 0 Å². The van der Waals surface area contributed by atoms with Crippen LogP contribution in [0.5, 0.6) is 0 Å². The molecule has 0 aliphatic rings. The lowest BCUT2D eigenvalue weighted by Gasteiger charge is -1.92. The molecule has 0 atom stereocenters. The van der Waals surface area contributed by atoms with Gasteiger partial charge in [0, 0.05) is 6.20 Å². The minimum atomic E-state index is 0.907. The van der Waals surface area contributed by atoms with Crippen LogP contribution in [-0.2, 0) is 0 Å². The van der Waals surface area contributed by atoms with Crippen LogP contribution in [0.2, 0.25) is 0 Å². The first-order chi connectivity index (χ1) is 4.30. The van der Waals surface area contributed by atoms with E-state index in [1.807, 2.05) is 13.0 Å². The molecule has 0 aliphatic carbocycles. The number of aromatic nitrogens is 2. The van der Waals surface area contributed by atoms with Gasteiger partial charge in [0.25, 0.3) is 0 Å². The Hall–Kier alpha value is -1.18. The van der Waals surface area contributed by atoms with E-state index in [0.717, 1.165) is 11.3 Å². The average Bonchev–Trinajstić information content (AvgIpc) is 1.90. The summed E-state index contributed by atoms with van der Waals surface area (Å²) in [4.78, 5) is 7.74. The van der Waals surface area contributed by atoms with Crippen LogP contribution in [0, 0.1) is 0 Å². The summed E-state index contributed by atoms with van der Waals surface area (Å²) in [5.41, 5.74) is 1.88. The molecule has 0 N–H and O–H groups in total. The van der Waals surface area contributed by atoms with Crippen LogP contribution in [0.4, 0.5) is 0 Å². The summed E-state index contributed by atoms with van der Waals surface area (Å²) in [6, 6.07) is 1.84. The van der Waals surface area contributed by atoms with Crippen molar-refractivity contribution >= 4 is 5.57 Å². The predicted octanol–water partition coefficient (Wildman–Crippen LogP) is 1.51. The average molecular weight is 120 g/mol. The molecule has 1 rings (SSSR count). The minimum Gasteiger partial charge on any atom is -0.245 e. The quantitative estimate of drug-likeness (QED) is 0.561. The Kier molecular flexibility index (Phi) is 1.58. The molecule has 0 radical (unpaired) electrons. The highest BCUT2D eigenvalue weighted by Gasteiger charge is 1.88. The standard InChI is InChI=1S/C7H8N2/c1-6(2)7-3-4-8-5-9-7/h3-5H,1H2,2H3. The lowest BCUT2D eigenvalue weighted by atomic mass is 10.2. The van der Waals surface area contributed by atoms with Gasteiger partial charge in [-0.15, -0.1) is 0 Å². The third kappa shape index (κ3) is 1.35. The normalized spacial score (nSPS) is 9.00. The first-order valence-corrected chi connectivity index (χ1v) is 2.72. The second-order valence-corrected chi connectivity index (χ2v) is 1.87. The van der Waals surface area contributed by atoms with Crippen LogP contribution in [0.1, 0.15) is 12.6 Å². The minimum absolute atomic E-state index is 0.907. The summed E-state index contributed by atoms with van der Waals surface area (Å²) in [6.45, 7) is 5.65. The number of hydrogen-bond acceptors (Lipinski definition) is 2. The van der Waals surface area contributed by atoms with E-state index >= 15 is 0 Å². The van der Waals surface area contributed by atoms with E-state index in [0.29, 0.717) is 0 Å². The summed E-state index contributed by atoms with van der Waals surface area (Å²) in [7, 11) is 0. The maximum Gasteiger partial charge on any atom is 0.116 e. The Morgan fingerprint density at radius 1 is 1.67 bits per heavy atom. The Labute approximate surface area is 54.3 Å². The zero-order valence-corrected chi connectivity index (χ0v) is 5.33. The maximum absolute atomic E-state index is 3.97. The molecule has 1 aromatic heterocycles. The van der Waals surface area contributed by atoms with Gasteiger partial charge in [-0.25, -0.2) is 9.97 Å². The first-order valence-electron chi connectivity index (χ1n) is 2.72. The van der Waals surface area contributed by atoms with Gasteiger partial charge < -0.3 is 0 Å². The van der Waals surface area contributed by atoms with Crippen molar-refractivity contribution in [3.8, 4) is 0 Å². The van der Waals surface area contributed by atoms with Crippen molar-refractivity contribution in [2.24, 2.45) is 0 Å². The van der Waals surface area contributed by atoms with Crippen molar-refractivity contribution < 1.29 is 0 Å². The summed E-state index contributed by atoms with van der Waals surface area (Å²) < 4.78 is 0. The summed E-state index contributed by atoms with van der Waals surface area (Å²) in [5.74, 6) is 0. The number of nitrogens with zero attached hydrogens (tertiary/aromatic N) is 2. The topological polar surface area (TPSA) is 25.8 Å². The molecule has 1 aromatic rings. The SMILES string of the molecule is C=C(C)c1ccncn1. The zero-order valence-electron chi connectivity index (χ0n) is 5.33. The molecule has 9 heavy (non-hydrogen) atoms. The smallest absolute Gasteiger partial charge is 0.116 e. The Morgan fingerprint density at radius 3 is 2.78 bits per heavy atom. The third-order valence-electron chi connectivity index (χ3n) is 1.02. The highest BCUT2D eigenvalue weighted by molar-refractivity contribution is 5.56. The van der Waals surface area contributed by atoms with Gasteiger partial charge in [-0.05, 0) is 18.6 Å². The Morgan fingerprint density at radius 2 is 2.44 bits per heavy atom. The molecule has 0 unspecified atom stereocenters. The first kappa shape index (κ1) is 5.95. The van der Waals surface area contributed by atoms with Crippen molar-refractivity contribution in [3.63, 3.8) is 0 Å². The fourth-order valence-corrected chi connectivity index (χ4v) is 0.543. The van der Waals surface area contributed by atoms with Crippen LogP contribution in [0.25, 0.3) is 5.57 Å². The van der Waals surface area contributed by atoms with E-state index in [4.69, 9.17) is 0 Å². The number of rotatable bonds is 1. The monoisotopic (exact) mass is 120 g/mol. The van der Waals surface area contributed by atoms with Gasteiger partial charge in [-0.3, -0.25) is 0 Å². The van der Waals surface area contributed by atoms with Crippen molar-refractivity contribution in [2.75, 3.05) is 0 Å². The van der Waals surface area contributed by atoms with Gasteiger partial charge in [0.1, 0.15) is 6.33 Å². The van der Waals surface area contributed by atoms with Crippen molar-refractivity contribution in [3.05, 3.63) is 30.9 Å².